The molecule has 37 heavy (non-hydrogen) atoms. The number of likely N-dealkylation sites (tertiary alicyclic amines) is 2. The minimum absolute atomic E-state index is 0.0258. The van der Waals surface area contributed by atoms with Crippen LogP contribution in [0.25, 0.3) is 10.8 Å². The van der Waals surface area contributed by atoms with Crippen LogP contribution in [0.1, 0.15) is 45.1 Å². The summed E-state index contributed by atoms with van der Waals surface area (Å²) in [5, 5.41) is 5.73. The third-order valence-electron chi connectivity index (χ3n) is 7.47. The van der Waals surface area contributed by atoms with Gasteiger partial charge in [0.05, 0.1) is 13.2 Å². The van der Waals surface area contributed by atoms with Gasteiger partial charge >= 0.3 is 12.1 Å². The highest BCUT2D eigenvalue weighted by atomic mass is 16.6. The summed E-state index contributed by atoms with van der Waals surface area (Å²) in [6, 6.07) is 15.3. The SMILES string of the molecule is CC#CCN(Cc1ccc2ccccc2c1)CC1CCN(C(=O)NC2CCN(C(=O)OCC)CC2)CC1. The van der Waals surface area contributed by atoms with Crippen LogP contribution in [0.3, 0.4) is 0 Å². The Kier molecular flexibility index (Phi) is 9.67. The number of rotatable bonds is 7. The zero-order chi connectivity index (χ0) is 26.0. The van der Waals surface area contributed by atoms with E-state index in [1.807, 2.05) is 18.7 Å². The molecule has 4 rings (SSSR count). The Morgan fingerprint density at radius 3 is 2.41 bits per heavy atom. The first-order chi connectivity index (χ1) is 18.1. The average Bonchev–Trinajstić information content (AvgIpc) is 2.92. The standard InChI is InChI=1S/C30H40N4O3/c1-3-5-16-32(23-25-10-11-26-8-6-7-9-27(26)21-25)22-24-12-17-33(18-13-24)29(35)31-28-14-19-34(20-15-28)30(36)37-4-2/h6-11,21,24,28H,4,12-20,22-23H2,1-2H3,(H,31,35). The second kappa shape index (κ2) is 13.3. The summed E-state index contributed by atoms with van der Waals surface area (Å²) >= 11 is 0. The normalized spacial score (nSPS) is 16.9. The van der Waals surface area contributed by atoms with Gasteiger partial charge in [0.2, 0.25) is 0 Å². The molecular weight excluding hydrogens is 464 g/mol. The van der Waals surface area contributed by atoms with Crippen molar-refractivity contribution in [3.8, 4) is 11.8 Å². The first-order valence-corrected chi connectivity index (χ1v) is 13.6. The molecule has 0 saturated carbocycles. The van der Waals surface area contributed by atoms with Gasteiger partial charge in [0.1, 0.15) is 0 Å². The quantitative estimate of drug-likeness (QED) is 0.555. The van der Waals surface area contributed by atoms with E-state index in [4.69, 9.17) is 4.74 Å². The van der Waals surface area contributed by atoms with E-state index in [0.29, 0.717) is 25.6 Å². The van der Waals surface area contributed by atoms with Crippen molar-refractivity contribution in [3.05, 3.63) is 48.0 Å². The van der Waals surface area contributed by atoms with Gasteiger partial charge in [-0.1, -0.05) is 42.3 Å². The monoisotopic (exact) mass is 504 g/mol. The number of hydrogen-bond acceptors (Lipinski definition) is 4. The predicted molar refractivity (Wildman–Crippen MR) is 147 cm³/mol. The number of amides is 3. The van der Waals surface area contributed by atoms with Gasteiger partial charge in [0.15, 0.2) is 0 Å². The van der Waals surface area contributed by atoms with Crippen molar-refractivity contribution in [2.45, 2.75) is 52.1 Å². The maximum atomic E-state index is 12.9. The molecule has 2 aliphatic heterocycles. The van der Waals surface area contributed by atoms with Gasteiger partial charge in [-0.3, -0.25) is 4.90 Å². The van der Waals surface area contributed by atoms with Crippen LogP contribution in [0.4, 0.5) is 9.59 Å². The highest BCUT2D eigenvalue weighted by Gasteiger charge is 2.28. The van der Waals surface area contributed by atoms with Crippen LogP contribution in [0.2, 0.25) is 0 Å². The second-order valence-corrected chi connectivity index (χ2v) is 10.1. The highest BCUT2D eigenvalue weighted by Crippen LogP contribution is 2.22. The number of hydrogen-bond donors (Lipinski definition) is 1. The van der Waals surface area contributed by atoms with Crippen LogP contribution >= 0.6 is 0 Å². The Labute approximate surface area is 221 Å². The average molecular weight is 505 g/mol. The van der Waals surface area contributed by atoms with Crippen molar-refractivity contribution in [1.82, 2.24) is 20.0 Å². The topological polar surface area (TPSA) is 65.1 Å². The van der Waals surface area contributed by atoms with E-state index in [9.17, 15) is 9.59 Å². The van der Waals surface area contributed by atoms with Crippen molar-refractivity contribution in [3.63, 3.8) is 0 Å². The van der Waals surface area contributed by atoms with Crippen LogP contribution in [-0.4, -0.2) is 78.7 Å². The molecule has 2 aromatic carbocycles. The van der Waals surface area contributed by atoms with Crippen molar-refractivity contribution < 1.29 is 14.3 Å². The molecule has 0 aliphatic carbocycles. The minimum Gasteiger partial charge on any atom is -0.450 e. The lowest BCUT2D eigenvalue weighted by atomic mass is 9.96. The van der Waals surface area contributed by atoms with Crippen molar-refractivity contribution in [2.24, 2.45) is 5.92 Å². The molecule has 0 atom stereocenters. The van der Waals surface area contributed by atoms with Crippen LogP contribution in [0.15, 0.2) is 42.5 Å². The zero-order valence-corrected chi connectivity index (χ0v) is 22.2. The first kappa shape index (κ1) is 26.8. The molecule has 198 valence electrons. The maximum Gasteiger partial charge on any atom is 0.409 e. The number of nitrogens with one attached hydrogen (secondary N) is 1. The lowest BCUT2D eigenvalue weighted by Crippen LogP contribution is -2.52. The number of urea groups is 1. The van der Waals surface area contributed by atoms with Gasteiger partial charge in [0, 0.05) is 45.3 Å². The molecule has 2 heterocycles. The summed E-state index contributed by atoms with van der Waals surface area (Å²) in [7, 11) is 0. The summed E-state index contributed by atoms with van der Waals surface area (Å²) in [5.41, 5.74) is 1.31. The van der Waals surface area contributed by atoms with E-state index in [1.165, 1.54) is 16.3 Å². The lowest BCUT2D eigenvalue weighted by Gasteiger charge is -2.36. The van der Waals surface area contributed by atoms with Gasteiger partial charge in [-0.25, -0.2) is 9.59 Å². The maximum absolute atomic E-state index is 12.9. The van der Waals surface area contributed by atoms with Crippen LogP contribution in [-0.2, 0) is 11.3 Å². The van der Waals surface area contributed by atoms with E-state index in [0.717, 1.165) is 58.4 Å². The number of piperidine rings is 2. The number of carbonyl (C=O) groups is 2. The molecule has 0 aromatic heterocycles. The van der Waals surface area contributed by atoms with E-state index in [2.05, 4.69) is 64.5 Å². The fourth-order valence-electron chi connectivity index (χ4n) is 5.34. The molecule has 2 aromatic rings. The number of fused-ring (bicyclic) bond motifs is 1. The molecule has 7 heteroatoms. The van der Waals surface area contributed by atoms with Crippen LogP contribution < -0.4 is 5.32 Å². The predicted octanol–water partition coefficient (Wildman–Crippen LogP) is 4.71. The Hall–Kier alpha value is -3.24. The molecule has 0 radical (unpaired) electrons. The first-order valence-electron chi connectivity index (χ1n) is 13.6. The summed E-state index contributed by atoms with van der Waals surface area (Å²) in [5.74, 6) is 6.85. The minimum atomic E-state index is -0.256. The molecule has 2 fully saturated rings. The molecule has 1 N–H and O–H groups in total. The third-order valence-corrected chi connectivity index (χ3v) is 7.47. The molecule has 2 aliphatic rings. The molecule has 0 spiro atoms. The summed E-state index contributed by atoms with van der Waals surface area (Å²) in [6.07, 6.45) is 3.28. The Balaban J connectivity index is 1.23. The van der Waals surface area contributed by atoms with E-state index >= 15 is 0 Å². The van der Waals surface area contributed by atoms with E-state index in [-0.39, 0.29) is 18.2 Å². The molecule has 3 amide bonds. The fraction of sp³-hybridized carbons (Fsp3) is 0.533. The third kappa shape index (κ3) is 7.62. The van der Waals surface area contributed by atoms with Crippen molar-refractivity contribution in [1.29, 1.82) is 0 Å². The zero-order valence-electron chi connectivity index (χ0n) is 22.2. The largest absolute Gasteiger partial charge is 0.450 e. The number of nitrogens with zero attached hydrogens (tertiary/aromatic N) is 3. The Morgan fingerprint density at radius 2 is 1.70 bits per heavy atom. The van der Waals surface area contributed by atoms with Gasteiger partial charge in [-0.2, -0.15) is 0 Å². The van der Waals surface area contributed by atoms with Crippen molar-refractivity contribution >= 4 is 22.9 Å². The van der Waals surface area contributed by atoms with Gasteiger partial charge < -0.3 is 19.9 Å². The van der Waals surface area contributed by atoms with Gasteiger partial charge in [-0.05, 0) is 67.9 Å². The van der Waals surface area contributed by atoms with Crippen LogP contribution in [0.5, 0.6) is 0 Å². The molecule has 2 saturated heterocycles. The number of ether oxygens (including phenoxy) is 1. The summed E-state index contributed by atoms with van der Waals surface area (Å²) in [4.78, 5) is 30.9. The second-order valence-electron chi connectivity index (χ2n) is 10.1. The fourth-order valence-corrected chi connectivity index (χ4v) is 5.34. The summed E-state index contributed by atoms with van der Waals surface area (Å²) in [6.45, 7) is 9.53. The molecule has 0 unspecified atom stereocenters. The Bertz CT molecular complexity index is 1110. The molecular formula is C30H40N4O3. The Morgan fingerprint density at radius 1 is 1.00 bits per heavy atom. The van der Waals surface area contributed by atoms with Gasteiger partial charge in [0.25, 0.3) is 0 Å². The number of benzene rings is 2. The van der Waals surface area contributed by atoms with E-state index in [1.54, 1.807) is 4.90 Å². The molecule has 0 bridgehead atoms. The van der Waals surface area contributed by atoms with Gasteiger partial charge in [-0.15, -0.1) is 5.92 Å². The van der Waals surface area contributed by atoms with Crippen molar-refractivity contribution in [2.75, 3.05) is 45.9 Å². The molecule has 7 nitrogen and oxygen atoms in total. The van der Waals surface area contributed by atoms with Crippen LogP contribution in [0, 0.1) is 17.8 Å². The summed E-state index contributed by atoms with van der Waals surface area (Å²) < 4.78 is 5.08. The lowest BCUT2D eigenvalue weighted by molar-refractivity contribution is 0.0945. The highest BCUT2D eigenvalue weighted by molar-refractivity contribution is 5.83. The number of carbonyl (C=O) groups excluding carboxylic acids is 2. The van der Waals surface area contributed by atoms with E-state index < -0.39 is 0 Å². The smallest absolute Gasteiger partial charge is 0.409 e.